The monoisotopic (exact) mass is 408 g/mol. The fourth-order valence-corrected chi connectivity index (χ4v) is 4.99. The minimum Gasteiger partial charge on any atom is -0.481 e. The van der Waals surface area contributed by atoms with Gasteiger partial charge in [0.15, 0.2) is 6.10 Å². The SMILES string of the molecule is CC(Oc1cccc(CO)c1)C(=O)NC1CCCC2CN(Cc3ccccc3)CC21. The van der Waals surface area contributed by atoms with Crippen LogP contribution in [0.25, 0.3) is 0 Å². The second-order valence-electron chi connectivity index (χ2n) is 8.72. The van der Waals surface area contributed by atoms with E-state index in [2.05, 4.69) is 40.5 Å². The molecule has 0 bridgehead atoms. The van der Waals surface area contributed by atoms with E-state index in [0.29, 0.717) is 17.6 Å². The van der Waals surface area contributed by atoms with E-state index >= 15 is 0 Å². The number of likely N-dealkylation sites (tertiary alicyclic amines) is 1. The van der Waals surface area contributed by atoms with Crippen LogP contribution >= 0.6 is 0 Å². The molecule has 2 N–H and O–H groups in total. The largest absolute Gasteiger partial charge is 0.481 e. The first-order chi connectivity index (χ1) is 14.6. The smallest absolute Gasteiger partial charge is 0.261 e. The van der Waals surface area contributed by atoms with E-state index in [0.717, 1.165) is 31.6 Å². The predicted molar refractivity (Wildman–Crippen MR) is 117 cm³/mol. The Morgan fingerprint density at radius 2 is 1.93 bits per heavy atom. The van der Waals surface area contributed by atoms with Gasteiger partial charge in [-0.25, -0.2) is 0 Å². The van der Waals surface area contributed by atoms with Crippen molar-refractivity contribution in [2.45, 2.75) is 51.5 Å². The van der Waals surface area contributed by atoms with Gasteiger partial charge in [-0.3, -0.25) is 9.69 Å². The zero-order chi connectivity index (χ0) is 20.9. The Bertz CT molecular complexity index is 841. The average molecular weight is 409 g/mol. The molecule has 2 aromatic rings. The summed E-state index contributed by atoms with van der Waals surface area (Å²) in [7, 11) is 0. The average Bonchev–Trinajstić information content (AvgIpc) is 3.18. The second kappa shape index (κ2) is 9.63. The summed E-state index contributed by atoms with van der Waals surface area (Å²) in [6, 6.07) is 18.1. The molecule has 2 aromatic carbocycles. The number of nitrogens with zero attached hydrogens (tertiary/aromatic N) is 1. The van der Waals surface area contributed by atoms with Gasteiger partial charge < -0.3 is 15.2 Å². The second-order valence-corrected chi connectivity index (χ2v) is 8.72. The molecule has 4 atom stereocenters. The van der Waals surface area contributed by atoms with Gasteiger partial charge in [0.1, 0.15) is 5.75 Å². The summed E-state index contributed by atoms with van der Waals surface area (Å²) in [6.45, 7) is 4.89. The molecule has 30 heavy (non-hydrogen) atoms. The fraction of sp³-hybridized carbons (Fsp3) is 0.480. The van der Waals surface area contributed by atoms with Crippen LogP contribution in [0.1, 0.15) is 37.3 Å². The highest BCUT2D eigenvalue weighted by Gasteiger charge is 2.41. The first-order valence-electron chi connectivity index (χ1n) is 11.1. The molecule has 0 radical (unpaired) electrons. The highest BCUT2D eigenvalue weighted by atomic mass is 16.5. The lowest BCUT2D eigenvalue weighted by molar-refractivity contribution is -0.128. The maximum absolute atomic E-state index is 12.8. The van der Waals surface area contributed by atoms with Crippen molar-refractivity contribution in [2.75, 3.05) is 13.1 Å². The van der Waals surface area contributed by atoms with Crippen molar-refractivity contribution < 1.29 is 14.6 Å². The molecule has 160 valence electrons. The van der Waals surface area contributed by atoms with E-state index in [4.69, 9.17) is 4.74 Å². The van der Waals surface area contributed by atoms with Gasteiger partial charge in [0, 0.05) is 25.7 Å². The number of hydrogen-bond donors (Lipinski definition) is 2. The molecule has 1 aliphatic carbocycles. The molecule has 1 saturated carbocycles. The number of aliphatic hydroxyl groups is 1. The van der Waals surface area contributed by atoms with Crippen LogP contribution in [-0.2, 0) is 17.9 Å². The van der Waals surface area contributed by atoms with E-state index in [1.807, 2.05) is 18.2 Å². The summed E-state index contributed by atoms with van der Waals surface area (Å²) in [5, 5.41) is 12.6. The Kier molecular flexibility index (Phi) is 6.70. The van der Waals surface area contributed by atoms with Crippen LogP contribution in [0.5, 0.6) is 5.75 Å². The van der Waals surface area contributed by atoms with E-state index in [9.17, 15) is 9.90 Å². The number of amides is 1. The summed E-state index contributed by atoms with van der Waals surface area (Å²) in [6.07, 6.45) is 2.89. The van der Waals surface area contributed by atoms with E-state index in [1.54, 1.807) is 13.0 Å². The third kappa shape index (κ3) is 5.02. The van der Waals surface area contributed by atoms with E-state index in [-0.39, 0.29) is 18.6 Å². The number of carbonyl (C=O) groups is 1. The first kappa shape index (κ1) is 20.9. The minimum atomic E-state index is -0.568. The highest BCUT2D eigenvalue weighted by molar-refractivity contribution is 5.81. The van der Waals surface area contributed by atoms with Crippen molar-refractivity contribution in [3.05, 3.63) is 65.7 Å². The normalized spacial score (nSPS) is 24.8. The van der Waals surface area contributed by atoms with Crippen molar-refractivity contribution >= 4 is 5.91 Å². The molecular formula is C25H32N2O3. The molecule has 4 rings (SSSR count). The van der Waals surface area contributed by atoms with Crippen LogP contribution in [-0.4, -0.2) is 41.1 Å². The number of aliphatic hydroxyl groups excluding tert-OH is 1. The fourth-order valence-electron chi connectivity index (χ4n) is 4.99. The van der Waals surface area contributed by atoms with Crippen LogP contribution < -0.4 is 10.1 Å². The van der Waals surface area contributed by atoms with Gasteiger partial charge in [-0.15, -0.1) is 0 Å². The summed E-state index contributed by atoms with van der Waals surface area (Å²) < 4.78 is 5.84. The third-order valence-electron chi connectivity index (χ3n) is 6.51. The molecule has 5 nitrogen and oxygen atoms in total. The number of benzene rings is 2. The van der Waals surface area contributed by atoms with Crippen LogP contribution in [0.3, 0.4) is 0 Å². The lowest BCUT2D eigenvalue weighted by atomic mass is 9.78. The van der Waals surface area contributed by atoms with Gasteiger partial charge in [-0.1, -0.05) is 48.9 Å². The van der Waals surface area contributed by atoms with Gasteiger partial charge in [-0.2, -0.15) is 0 Å². The number of fused-ring (bicyclic) bond motifs is 1. The summed E-state index contributed by atoms with van der Waals surface area (Å²) in [5.41, 5.74) is 2.13. The predicted octanol–water partition coefficient (Wildman–Crippen LogP) is 3.36. The number of ether oxygens (including phenoxy) is 1. The van der Waals surface area contributed by atoms with Gasteiger partial charge in [0.25, 0.3) is 5.91 Å². The van der Waals surface area contributed by atoms with Crippen LogP contribution in [0.2, 0.25) is 0 Å². The van der Waals surface area contributed by atoms with Gasteiger partial charge >= 0.3 is 0 Å². The number of hydrogen-bond acceptors (Lipinski definition) is 4. The Morgan fingerprint density at radius 3 is 2.73 bits per heavy atom. The molecule has 1 saturated heterocycles. The standard InChI is InChI=1S/C25H32N2O3/c1-18(30-22-11-5-9-20(13-22)17-28)25(29)26-24-12-6-10-21-15-27(16-23(21)24)14-19-7-3-2-4-8-19/h2-5,7-9,11,13,18,21,23-24,28H,6,10,12,14-17H2,1H3,(H,26,29). The number of nitrogens with one attached hydrogen (secondary N) is 1. The van der Waals surface area contributed by atoms with Crippen molar-refractivity contribution in [3.63, 3.8) is 0 Å². The molecule has 5 heteroatoms. The molecule has 2 fully saturated rings. The molecule has 1 amide bonds. The summed E-state index contributed by atoms with van der Waals surface area (Å²) in [5.74, 6) is 1.72. The highest BCUT2D eigenvalue weighted by Crippen LogP contribution is 2.37. The molecular weight excluding hydrogens is 376 g/mol. The van der Waals surface area contributed by atoms with Gasteiger partial charge in [0.2, 0.25) is 0 Å². The van der Waals surface area contributed by atoms with Crippen molar-refractivity contribution in [3.8, 4) is 5.75 Å². The van der Waals surface area contributed by atoms with Crippen LogP contribution in [0.15, 0.2) is 54.6 Å². The first-order valence-corrected chi connectivity index (χ1v) is 11.1. The quantitative estimate of drug-likeness (QED) is 0.738. The zero-order valence-corrected chi connectivity index (χ0v) is 17.7. The molecule has 1 aliphatic heterocycles. The number of carbonyl (C=O) groups excluding carboxylic acids is 1. The van der Waals surface area contributed by atoms with Gasteiger partial charge in [0.05, 0.1) is 6.61 Å². The maximum atomic E-state index is 12.8. The van der Waals surface area contributed by atoms with Gasteiger partial charge in [-0.05, 0) is 54.9 Å². The third-order valence-corrected chi connectivity index (χ3v) is 6.51. The van der Waals surface area contributed by atoms with Crippen LogP contribution in [0, 0.1) is 11.8 Å². The minimum absolute atomic E-state index is 0.0393. The zero-order valence-electron chi connectivity index (χ0n) is 17.7. The Balaban J connectivity index is 1.33. The number of rotatable bonds is 7. The molecule has 1 heterocycles. The molecule has 0 aromatic heterocycles. The Labute approximate surface area is 179 Å². The Hall–Kier alpha value is -2.37. The lowest BCUT2D eigenvalue weighted by Gasteiger charge is -2.34. The van der Waals surface area contributed by atoms with E-state index in [1.165, 1.54) is 18.4 Å². The summed E-state index contributed by atoms with van der Waals surface area (Å²) in [4.78, 5) is 15.4. The van der Waals surface area contributed by atoms with Crippen molar-refractivity contribution in [1.82, 2.24) is 10.2 Å². The molecule has 4 unspecified atom stereocenters. The topological polar surface area (TPSA) is 61.8 Å². The maximum Gasteiger partial charge on any atom is 0.261 e. The van der Waals surface area contributed by atoms with E-state index < -0.39 is 6.10 Å². The molecule has 0 spiro atoms. The summed E-state index contributed by atoms with van der Waals surface area (Å²) >= 11 is 0. The van der Waals surface area contributed by atoms with Crippen LogP contribution in [0.4, 0.5) is 0 Å². The van der Waals surface area contributed by atoms with Crippen molar-refractivity contribution in [2.24, 2.45) is 11.8 Å². The van der Waals surface area contributed by atoms with Crippen molar-refractivity contribution in [1.29, 1.82) is 0 Å². The molecule has 2 aliphatic rings. The Morgan fingerprint density at radius 1 is 1.13 bits per heavy atom. The lowest BCUT2D eigenvalue weighted by Crippen LogP contribution is -2.49.